The number of carbonyl (C=O) groups is 2. The normalized spacial score (nSPS) is 11.4. The van der Waals surface area contributed by atoms with Gasteiger partial charge in [-0.15, -0.1) is 0 Å². The standard InChI is InChI=1S/C13H13FN2O3S/c1-8(17)16-12(13(18)19)7-20-6-10-4-9(5-15)2-3-11(10)14/h2-4,12H,6-7H2,1H3,(H,16,17)(H,18,19)/t12-/m0/s1. The Morgan fingerprint density at radius 2 is 2.25 bits per heavy atom. The highest BCUT2D eigenvalue weighted by Gasteiger charge is 2.18. The lowest BCUT2D eigenvalue weighted by Gasteiger charge is -2.12. The van der Waals surface area contributed by atoms with Crippen LogP contribution in [0.1, 0.15) is 18.1 Å². The van der Waals surface area contributed by atoms with E-state index in [0.717, 1.165) is 0 Å². The van der Waals surface area contributed by atoms with Crippen LogP contribution in [-0.2, 0) is 15.3 Å². The molecular formula is C13H13FN2O3S. The fourth-order valence-electron chi connectivity index (χ4n) is 1.46. The second-order valence-electron chi connectivity index (χ2n) is 4.02. The van der Waals surface area contributed by atoms with Crippen molar-refractivity contribution in [2.75, 3.05) is 5.75 Å². The van der Waals surface area contributed by atoms with Gasteiger partial charge in [0.1, 0.15) is 11.9 Å². The predicted molar refractivity (Wildman–Crippen MR) is 72.5 cm³/mol. The van der Waals surface area contributed by atoms with Gasteiger partial charge in [-0.25, -0.2) is 9.18 Å². The molecule has 2 N–H and O–H groups in total. The van der Waals surface area contributed by atoms with Crippen molar-refractivity contribution in [3.05, 3.63) is 35.1 Å². The summed E-state index contributed by atoms with van der Waals surface area (Å²) in [5, 5.41) is 19.9. The zero-order chi connectivity index (χ0) is 15.1. The van der Waals surface area contributed by atoms with Crippen LogP contribution in [0.25, 0.3) is 0 Å². The van der Waals surface area contributed by atoms with E-state index in [9.17, 15) is 14.0 Å². The SMILES string of the molecule is CC(=O)N[C@@H](CSCc1cc(C#N)ccc1F)C(=O)O. The Morgan fingerprint density at radius 3 is 2.80 bits per heavy atom. The number of nitrogens with zero attached hydrogens (tertiary/aromatic N) is 1. The van der Waals surface area contributed by atoms with Gasteiger partial charge in [-0.3, -0.25) is 4.79 Å². The zero-order valence-corrected chi connectivity index (χ0v) is 11.5. The molecule has 0 saturated heterocycles. The number of hydrogen-bond acceptors (Lipinski definition) is 4. The van der Waals surface area contributed by atoms with Crippen molar-refractivity contribution < 1.29 is 19.1 Å². The van der Waals surface area contributed by atoms with Gasteiger partial charge in [0, 0.05) is 18.4 Å². The van der Waals surface area contributed by atoms with Crippen molar-refractivity contribution in [2.24, 2.45) is 0 Å². The second kappa shape index (κ2) is 7.50. The first-order valence-electron chi connectivity index (χ1n) is 5.70. The van der Waals surface area contributed by atoms with E-state index in [1.807, 2.05) is 6.07 Å². The molecule has 7 heteroatoms. The van der Waals surface area contributed by atoms with Crippen molar-refractivity contribution >= 4 is 23.6 Å². The highest BCUT2D eigenvalue weighted by molar-refractivity contribution is 7.98. The van der Waals surface area contributed by atoms with E-state index in [0.29, 0.717) is 11.1 Å². The monoisotopic (exact) mass is 296 g/mol. The van der Waals surface area contributed by atoms with Crippen LogP contribution in [0, 0.1) is 17.1 Å². The van der Waals surface area contributed by atoms with Crippen molar-refractivity contribution in [3.8, 4) is 6.07 Å². The summed E-state index contributed by atoms with van der Waals surface area (Å²) in [6.45, 7) is 1.23. The van der Waals surface area contributed by atoms with Crippen LogP contribution in [0.5, 0.6) is 0 Å². The van der Waals surface area contributed by atoms with Crippen LogP contribution in [0.4, 0.5) is 4.39 Å². The Hall–Kier alpha value is -2.07. The van der Waals surface area contributed by atoms with Gasteiger partial charge in [0.25, 0.3) is 0 Å². The van der Waals surface area contributed by atoms with E-state index in [4.69, 9.17) is 10.4 Å². The summed E-state index contributed by atoms with van der Waals surface area (Å²) < 4.78 is 13.5. The quantitative estimate of drug-likeness (QED) is 0.830. The van der Waals surface area contributed by atoms with Gasteiger partial charge >= 0.3 is 5.97 Å². The molecule has 0 heterocycles. The number of rotatable bonds is 6. The number of amides is 1. The van der Waals surface area contributed by atoms with E-state index >= 15 is 0 Å². The minimum Gasteiger partial charge on any atom is -0.480 e. The Kier molecular flexibility index (Phi) is 6.00. The lowest BCUT2D eigenvalue weighted by molar-refractivity contribution is -0.140. The molecule has 1 rings (SSSR count). The van der Waals surface area contributed by atoms with E-state index in [2.05, 4.69) is 5.32 Å². The molecule has 0 aliphatic rings. The fraction of sp³-hybridized carbons (Fsp3) is 0.308. The van der Waals surface area contributed by atoms with Crippen LogP contribution in [-0.4, -0.2) is 28.8 Å². The number of carbonyl (C=O) groups excluding carboxylic acids is 1. The number of nitriles is 1. The third-order valence-electron chi connectivity index (χ3n) is 2.39. The molecular weight excluding hydrogens is 283 g/mol. The van der Waals surface area contributed by atoms with E-state index in [1.165, 1.54) is 36.9 Å². The highest BCUT2D eigenvalue weighted by Crippen LogP contribution is 2.18. The summed E-state index contributed by atoms with van der Waals surface area (Å²) in [6.07, 6.45) is 0. The second-order valence-corrected chi connectivity index (χ2v) is 5.05. The lowest BCUT2D eigenvalue weighted by Crippen LogP contribution is -2.41. The topological polar surface area (TPSA) is 90.2 Å². The first-order chi connectivity index (χ1) is 9.43. The Balaban J connectivity index is 2.61. The molecule has 0 spiro atoms. The molecule has 0 radical (unpaired) electrons. The molecule has 1 amide bonds. The zero-order valence-electron chi connectivity index (χ0n) is 10.7. The summed E-state index contributed by atoms with van der Waals surface area (Å²) in [6, 6.07) is 4.91. The number of halogens is 1. The molecule has 1 aromatic carbocycles. The molecule has 20 heavy (non-hydrogen) atoms. The van der Waals surface area contributed by atoms with Crippen molar-refractivity contribution in [1.29, 1.82) is 5.26 Å². The third kappa shape index (κ3) is 4.90. The van der Waals surface area contributed by atoms with E-state index in [1.54, 1.807) is 0 Å². The van der Waals surface area contributed by atoms with Crippen LogP contribution in [0.3, 0.4) is 0 Å². The van der Waals surface area contributed by atoms with Gasteiger partial charge in [0.05, 0.1) is 11.6 Å². The van der Waals surface area contributed by atoms with E-state index in [-0.39, 0.29) is 11.5 Å². The van der Waals surface area contributed by atoms with Gasteiger partial charge in [0.15, 0.2) is 0 Å². The van der Waals surface area contributed by atoms with Crippen LogP contribution < -0.4 is 5.32 Å². The Labute approximate surface area is 119 Å². The summed E-state index contributed by atoms with van der Waals surface area (Å²) in [7, 11) is 0. The number of thioether (sulfide) groups is 1. The van der Waals surface area contributed by atoms with E-state index < -0.39 is 23.7 Å². The minimum absolute atomic E-state index is 0.116. The molecule has 1 atom stereocenters. The van der Waals surface area contributed by atoms with Gasteiger partial charge in [0.2, 0.25) is 5.91 Å². The Morgan fingerprint density at radius 1 is 1.55 bits per heavy atom. The Bertz CT molecular complexity index is 557. The molecule has 0 bridgehead atoms. The predicted octanol–water partition coefficient (Wildman–Crippen LogP) is 1.52. The molecule has 5 nitrogen and oxygen atoms in total. The third-order valence-corrected chi connectivity index (χ3v) is 3.48. The number of nitrogens with one attached hydrogen (secondary N) is 1. The molecule has 0 aromatic heterocycles. The van der Waals surface area contributed by atoms with Crippen LogP contribution in [0.15, 0.2) is 18.2 Å². The molecule has 0 aliphatic carbocycles. The number of carboxylic acid groups (broad SMARTS) is 1. The maximum absolute atomic E-state index is 13.5. The van der Waals surface area contributed by atoms with Crippen LogP contribution >= 0.6 is 11.8 Å². The number of carboxylic acids is 1. The van der Waals surface area contributed by atoms with Crippen molar-refractivity contribution in [2.45, 2.75) is 18.7 Å². The summed E-state index contributed by atoms with van der Waals surface area (Å²) >= 11 is 1.17. The molecule has 106 valence electrons. The number of hydrogen-bond donors (Lipinski definition) is 2. The number of benzene rings is 1. The van der Waals surface area contributed by atoms with Gasteiger partial charge in [-0.2, -0.15) is 17.0 Å². The summed E-state index contributed by atoms with van der Waals surface area (Å²) in [5.74, 6) is -1.67. The first-order valence-corrected chi connectivity index (χ1v) is 6.85. The molecule has 1 aromatic rings. The summed E-state index contributed by atoms with van der Waals surface area (Å²) in [4.78, 5) is 21.7. The van der Waals surface area contributed by atoms with Gasteiger partial charge < -0.3 is 10.4 Å². The largest absolute Gasteiger partial charge is 0.480 e. The lowest BCUT2D eigenvalue weighted by atomic mass is 10.1. The first kappa shape index (κ1) is 16.0. The minimum atomic E-state index is -1.14. The molecule has 0 aliphatic heterocycles. The average molecular weight is 296 g/mol. The maximum atomic E-state index is 13.5. The van der Waals surface area contributed by atoms with Gasteiger partial charge in [-0.1, -0.05) is 0 Å². The van der Waals surface area contributed by atoms with Crippen LogP contribution in [0.2, 0.25) is 0 Å². The number of aliphatic carboxylic acids is 1. The summed E-state index contributed by atoms with van der Waals surface area (Å²) in [5.41, 5.74) is 0.680. The molecule has 0 fully saturated rings. The van der Waals surface area contributed by atoms with Gasteiger partial charge in [-0.05, 0) is 23.8 Å². The highest BCUT2D eigenvalue weighted by atomic mass is 32.2. The van der Waals surface area contributed by atoms with Crippen molar-refractivity contribution in [1.82, 2.24) is 5.32 Å². The molecule has 0 saturated carbocycles. The maximum Gasteiger partial charge on any atom is 0.327 e. The van der Waals surface area contributed by atoms with Crippen molar-refractivity contribution in [3.63, 3.8) is 0 Å². The fourth-order valence-corrected chi connectivity index (χ4v) is 2.48. The smallest absolute Gasteiger partial charge is 0.327 e. The average Bonchev–Trinajstić information content (AvgIpc) is 2.39. The molecule has 0 unspecified atom stereocenters.